The molecule has 1 atom stereocenters. The topological polar surface area (TPSA) is 29.5 Å². The fraction of sp³-hybridized carbons (Fsp3) is 0.611. The Labute approximate surface area is 128 Å². The molecule has 0 bridgehead atoms. The van der Waals surface area contributed by atoms with Gasteiger partial charge in [0.05, 0.1) is 0 Å². The summed E-state index contributed by atoms with van der Waals surface area (Å²) in [6.07, 6.45) is 5.85. The lowest BCUT2D eigenvalue weighted by atomic mass is 9.99. The molecule has 3 heteroatoms. The third-order valence-electron chi connectivity index (χ3n) is 4.38. The van der Waals surface area contributed by atoms with Crippen molar-refractivity contribution < 1.29 is 9.53 Å². The summed E-state index contributed by atoms with van der Waals surface area (Å²) in [5, 5.41) is 0. The van der Waals surface area contributed by atoms with Gasteiger partial charge in [0.2, 0.25) is 0 Å². The highest BCUT2D eigenvalue weighted by Gasteiger charge is 2.15. The van der Waals surface area contributed by atoms with Crippen LogP contribution in [0.2, 0.25) is 0 Å². The van der Waals surface area contributed by atoms with E-state index in [1.54, 1.807) is 0 Å². The maximum Gasteiger partial charge on any atom is 0.260 e. The fourth-order valence-electron chi connectivity index (χ4n) is 2.68. The van der Waals surface area contributed by atoms with Gasteiger partial charge in [-0.2, -0.15) is 0 Å². The van der Waals surface area contributed by atoms with Gasteiger partial charge in [0.25, 0.3) is 5.91 Å². The molecular weight excluding hydrogens is 262 g/mol. The average Bonchev–Trinajstić information content (AvgIpc) is 2.81. The minimum Gasteiger partial charge on any atom is -0.484 e. The first-order valence-electron chi connectivity index (χ1n) is 8.21. The van der Waals surface area contributed by atoms with Crippen molar-refractivity contribution in [3.05, 3.63) is 29.8 Å². The van der Waals surface area contributed by atoms with Crippen LogP contribution < -0.4 is 4.74 Å². The zero-order valence-corrected chi connectivity index (χ0v) is 13.3. The van der Waals surface area contributed by atoms with E-state index in [0.29, 0.717) is 5.92 Å². The maximum absolute atomic E-state index is 12.1. The van der Waals surface area contributed by atoms with E-state index in [9.17, 15) is 4.79 Å². The molecule has 0 spiro atoms. The van der Waals surface area contributed by atoms with Gasteiger partial charge in [-0.25, -0.2) is 0 Å². The third kappa shape index (κ3) is 4.76. The number of benzene rings is 1. The second-order valence-corrected chi connectivity index (χ2v) is 5.96. The van der Waals surface area contributed by atoms with E-state index in [1.807, 2.05) is 17.0 Å². The second-order valence-electron chi connectivity index (χ2n) is 5.96. The summed E-state index contributed by atoms with van der Waals surface area (Å²) in [4.78, 5) is 14.1. The van der Waals surface area contributed by atoms with Crippen molar-refractivity contribution in [2.75, 3.05) is 19.7 Å². The fourth-order valence-corrected chi connectivity index (χ4v) is 2.68. The predicted octanol–water partition coefficient (Wildman–Crippen LogP) is 3.98. The zero-order valence-electron chi connectivity index (χ0n) is 13.3. The number of ether oxygens (including phenoxy) is 1. The Bertz CT molecular complexity index is 433. The monoisotopic (exact) mass is 289 g/mol. The first kappa shape index (κ1) is 15.9. The molecular formula is C18H27NO2. The van der Waals surface area contributed by atoms with Crippen LogP contribution in [-0.2, 0) is 4.79 Å². The van der Waals surface area contributed by atoms with Crippen LogP contribution in [0.1, 0.15) is 57.4 Å². The van der Waals surface area contributed by atoms with E-state index in [0.717, 1.165) is 38.1 Å². The van der Waals surface area contributed by atoms with E-state index >= 15 is 0 Å². The predicted molar refractivity (Wildman–Crippen MR) is 85.7 cm³/mol. The smallest absolute Gasteiger partial charge is 0.260 e. The van der Waals surface area contributed by atoms with Gasteiger partial charge in [0.1, 0.15) is 5.75 Å². The molecule has 2 rings (SSSR count). The van der Waals surface area contributed by atoms with Gasteiger partial charge in [-0.3, -0.25) is 4.79 Å². The molecule has 1 aliphatic rings. The number of hydrogen-bond donors (Lipinski definition) is 0. The van der Waals surface area contributed by atoms with Crippen molar-refractivity contribution >= 4 is 5.91 Å². The standard InChI is InChI=1S/C18H27NO2/c1-3-15(2)16-8-10-17(11-9-16)21-14-18(20)19-12-6-4-5-7-13-19/h8-11,15H,3-7,12-14H2,1-2H3. The van der Waals surface area contributed by atoms with Crippen molar-refractivity contribution in [3.63, 3.8) is 0 Å². The summed E-state index contributed by atoms with van der Waals surface area (Å²) in [6.45, 7) is 6.33. The van der Waals surface area contributed by atoms with E-state index < -0.39 is 0 Å². The Morgan fingerprint density at radius 1 is 1.14 bits per heavy atom. The Morgan fingerprint density at radius 2 is 1.76 bits per heavy atom. The minimum absolute atomic E-state index is 0.114. The highest BCUT2D eigenvalue weighted by Crippen LogP contribution is 2.21. The number of amides is 1. The first-order valence-corrected chi connectivity index (χ1v) is 8.21. The van der Waals surface area contributed by atoms with Crippen molar-refractivity contribution in [3.8, 4) is 5.75 Å². The van der Waals surface area contributed by atoms with Crippen LogP contribution in [0.15, 0.2) is 24.3 Å². The van der Waals surface area contributed by atoms with Gasteiger partial charge < -0.3 is 9.64 Å². The van der Waals surface area contributed by atoms with E-state index in [4.69, 9.17) is 4.74 Å². The Balaban J connectivity index is 1.83. The summed E-state index contributed by atoms with van der Waals surface area (Å²) in [6, 6.07) is 8.13. The second kappa shape index (κ2) is 8.06. The van der Waals surface area contributed by atoms with Gasteiger partial charge in [0, 0.05) is 13.1 Å². The van der Waals surface area contributed by atoms with Gasteiger partial charge in [-0.05, 0) is 42.9 Å². The largest absolute Gasteiger partial charge is 0.484 e. The molecule has 1 unspecified atom stereocenters. The maximum atomic E-state index is 12.1. The molecule has 1 aromatic carbocycles. The first-order chi connectivity index (χ1) is 10.2. The summed E-state index contributed by atoms with van der Waals surface area (Å²) >= 11 is 0. The van der Waals surface area contributed by atoms with Crippen LogP contribution in [-0.4, -0.2) is 30.5 Å². The van der Waals surface area contributed by atoms with Crippen molar-refractivity contribution in [2.24, 2.45) is 0 Å². The quantitative estimate of drug-likeness (QED) is 0.820. The molecule has 0 aliphatic carbocycles. The molecule has 0 radical (unpaired) electrons. The number of carbonyl (C=O) groups is 1. The third-order valence-corrected chi connectivity index (χ3v) is 4.38. The molecule has 116 valence electrons. The molecule has 3 nitrogen and oxygen atoms in total. The lowest BCUT2D eigenvalue weighted by molar-refractivity contribution is -0.133. The van der Waals surface area contributed by atoms with Gasteiger partial charge in [0.15, 0.2) is 6.61 Å². The van der Waals surface area contributed by atoms with Gasteiger partial charge >= 0.3 is 0 Å². The van der Waals surface area contributed by atoms with E-state index in [2.05, 4.69) is 26.0 Å². The van der Waals surface area contributed by atoms with Crippen LogP contribution in [0.3, 0.4) is 0 Å². The number of likely N-dealkylation sites (tertiary alicyclic amines) is 1. The average molecular weight is 289 g/mol. The Hall–Kier alpha value is -1.51. The molecule has 1 saturated heterocycles. The zero-order chi connectivity index (χ0) is 15.1. The normalized spacial score (nSPS) is 17.1. The van der Waals surface area contributed by atoms with Crippen LogP contribution in [0, 0.1) is 0 Å². The number of rotatable bonds is 5. The van der Waals surface area contributed by atoms with Crippen LogP contribution in [0.5, 0.6) is 5.75 Å². The lowest BCUT2D eigenvalue weighted by Crippen LogP contribution is -2.35. The van der Waals surface area contributed by atoms with Crippen LogP contribution in [0.25, 0.3) is 0 Å². The van der Waals surface area contributed by atoms with E-state index in [-0.39, 0.29) is 12.5 Å². The van der Waals surface area contributed by atoms with Crippen molar-refractivity contribution in [1.82, 2.24) is 4.90 Å². The summed E-state index contributed by atoms with van der Waals surface area (Å²) in [7, 11) is 0. The summed E-state index contributed by atoms with van der Waals surface area (Å²) in [5.41, 5.74) is 1.32. The number of carbonyl (C=O) groups excluding carboxylic acids is 1. The molecule has 1 heterocycles. The van der Waals surface area contributed by atoms with Gasteiger partial charge in [-0.15, -0.1) is 0 Å². The molecule has 0 saturated carbocycles. The molecule has 0 aromatic heterocycles. The Morgan fingerprint density at radius 3 is 2.33 bits per heavy atom. The molecule has 1 aromatic rings. The number of hydrogen-bond acceptors (Lipinski definition) is 2. The molecule has 1 fully saturated rings. The van der Waals surface area contributed by atoms with Crippen LogP contribution in [0.4, 0.5) is 0 Å². The van der Waals surface area contributed by atoms with Crippen LogP contribution >= 0.6 is 0 Å². The SMILES string of the molecule is CCC(C)c1ccc(OCC(=O)N2CCCCCC2)cc1. The highest BCUT2D eigenvalue weighted by molar-refractivity contribution is 5.77. The summed E-state index contributed by atoms with van der Waals surface area (Å²) in [5.74, 6) is 1.46. The lowest BCUT2D eigenvalue weighted by Gasteiger charge is -2.20. The van der Waals surface area contributed by atoms with Crippen molar-refractivity contribution in [2.45, 2.75) is 51.9 Å². The highest BCUT2D eigenvalue weighted by atomic mass is 16.5. The minimum atomic E-state index is 0.114. The molecule has 1 amide bonds. The molecule has 21 heavy (non-hydrogen) atoms. The van der Waals surface area contributed by atoms with E-state index in [1.165, 1.54) is 18.4 Å². The Kier molecular flexibility index (Phi) is 6.09. The molecule has 0 N–H and O–H groups in total. The van der Waals surface area contributed by atoms with Gasteiger partial charge in [-0.1, -0.05) is 38.8 Å². The van der Waals surface area contributed by atoms with Crippen molar-refractivity contribution in [1.29, 1.82) is 0 Å². The molecule has 1 aliphatic heterocycles. The number of nitrogens with zero attached hydrogens (tertiary/aromatic N) is 1. The summed E-state index contributed by atoms with van der Waals surface area (Å²) < 4.78 is 5.64.